The number of furan rings is 1. The van der Waals surface area contributed by atoms with Crippen LogP contribution in [0.15, 0.2) is 101 Å². The van der Waals surface area contributed by atoms with Crippen LogP contribution in [0.2, 0.25) is 0 Å². The van der Waals surface area contributed by atoms with E-state index in [1.54, 1.807) is 36.4 Å². The lowest BCUT2D eigenvalue weighted by atomic mass is 9.65. The van der Waals surface area contributed by atoms with Crippen LogP contribution in [0.3, 0.4) is 0 Å². The van der Waals surface area contributed by atoms with Crippen molar-refractivity contribution in [2.45, 2.75) is 45.4 Å². The van der Waals surface area contributed by atoms with Crippen molar-refractivity contribution in [3.63, 3.8) is 0 Å². The van der Waals surface area contributed by atoms with Gasteiger partial charge in [0.15, 0.2) is 5.78 Å². The molecular formula is C39H36O8. The molecule has 0 saturated carbocycles. The van der Waals surface area contributed by atoms with E-state index in [0.29, 0.717) is 23.3 Å². The maximum atomic E-state index is 14.7. The molecule has 3 atom stereocenters. The third-order valence-corrected chi connectivity index (χ3v) is 8.95. The monoisotopic (exact) mass is 632 g/mol. The molecule has 0 amide bonds. The van der Waals surface area contributed by atoms with E-state index < -0.39 is 23.5 Å². The average Bonchev–Trinajstić information content (AvgIpc) is 3.44. The summed E-state index contributed by atoms with van der Waals surface area (Å²) < 4.78 is 5.90. The first kappa shape index (κ1) is 31.4. The minimum Gasteiger partial charge on any atom is -0.508 e. The van der Waals surface area contributed by atoms with E-state index in [1.165, 1.54) is 36.4 Å². The highest BCUT2D eigenvalue weighted by Gasteiger charge is 2.42. The summed E-state index contributed by atoms with van der Waals surface area (Å²) in [6.45, 7) is 5.72. The summed E-state index contributed by atoms with van der Waals surface area (Å²) in [7, 11) is 0. The van der Waals surface area contributed by atoms with Crippen molar-refractivity contribution >= 4 is 16.8 Å². The molecule has 240 valence electrons. The van der Waals surface area contributed by atoms with E-state index in [0.717, 1.165) is 22.1 Å². The number of fused-ring (bicyclic) bond motifs is 1. The molecule has 6 rings (SSSR count). The third kappa shape index (κ3) is 6.02. The Bertz CT molecular complexity index is 2040. The van der Waals surface area contributed by atoms with Crippen LogP contribution in [0.1, 0.15) is 66.1 Å². The number of allylic oxidation sites excluding steroid dienone is 4. The van der Waals surface area contributed by atoms with Crippen molar-refractivity contribution in [3.8, 4) is 45.8 Å². The van der Waals surface area contributed by atoms with Crippen LogP contribution in [0.25, 0.3) is 22.3 Å². The summed E-state index contributed by atoms with van der Waals surface area (Å²) in [5, 5.41) is 65.5. The molecule has 1 heterocycles. The number of hydrogen-bond donors (Lipinski definition) is 6. The fraction of sp³-hybridized carbons (Fsp3) is 0.205. The summed E-state index contributed by atoms with van der Waals surface area (Å²) in [5.74, 6) is -3.05. The van der Waals surface area contributed by atoms with Gasteiger partial charge in [-0.3, -0.25) is 4.79 Å². The van der Waals surface area contributed by atoms with Crippen molar-refractivity contribution < 1.29 is 39.9 Å². The Morgan fingerprint density at radius 3 is 2.19 bits per heavy atom. The molecule has 47 heavy (non-hydrogen) atoms. The van der Waals surface area contributed by atoms with E-state index >= 15 is 0 Å². The fourth-order valence-electron chi connectivity index (χ4n) is 6.64. The Balaban J connectivity index is 1.49. The molecule has 8 nitrogen and oxygen atoms in total. The predicted octanol–water partition coefficient (Wildman–Crippen LogP) is 8.56. The number of phenolic OH excluding ortho intramolecular Hbond substituents is 6. The van der Waals surface area contributed by atoms with Crippen molar-refractivity contribution in [2.24, 2.45) is 5.92 Å². The smallest absolute Gasteiger partial charge is 0.171 e. The number of Topliss-reactive ketones (excluding diaryl/α,β-unsaturated/α-hetero) is 1. The predicted molar refractivity (Wildman–Crippen MR) is 179 cm³/mol. The quantitative estimate of drug-likeness (QED) is 0.0771. The van der Waals surface area contributed by atoms with Crippen LogP contribution in [0, 0.1) is 5.92 Å². The van der Waals surface area contributed by atoms with Gasteiger partial charge in [-0.25, -0.2) is 0 Å². The second-order valence-corrected chi connectivity index (χ2v) is 12.5. The summed E-state index contributed by atoms with van der Waals surface area (Å²) in [5.41, 5.74) is 3.91. The standard InChI is InChI=1S/C39H36O8/c1-20(2)4-11-27-31(42)13-12-28(38(27)45)39(46)36-29(22-5-8-25(40)9-6-22)14-21(3)15-30(36)37-32(43)16-24(17-33(37)44)34-18-23-7-10-26(41)19-35(23)47-34/h4-10,12-13,15-19,29-30,36,40-45H,11,14H2,1-3H3/t29-,30+,36-/m0/s1. The molecule has 8 heteroatoms. The van der Waals surface area contributed by atoms with E-state index in [4.69, 9.17) is 4.42 Å². The lowest BCUT2D eigenvalue weighted by molar-refractivity contribution is 0.0877. The van der Waals surface area contributed by atoms with E-state index in [-0.39, 0.29) is 57.6 Å². The maximum absolute atomic E-state index is 14.7. The zero-order valence-corrected chi connectivity index (χ0v) is 26.2. The first-order chi connectivity index (χ1) is 22.4. The number of benzene rings is 4. The van der Waals surface area contributed by atoms with Gasteiger partial charge in [0, 0.05) is 40.0 Å². The molecule has 0 radical (unpaired) electrons. The van der Waals surface area contributed by atoms with Crippen LogP contribution in [0.4, 0.5) is 0 Å². The molecule has 0 fully saturated rings. The van der Waals surface area contributed by atoms with Crippen LogP contribution in [-0.2, 0) is 6.42 Å². The van der Waals surface area contributed by atoms with Crippen molar-refractivity contribution in [1.82, 2.24) is 0 Å². The van der Waals surface area contributed by atoms with Crippen molar-refractivity contribution in [3.05, 3.63) is 118 Å². The Kier molecular flexibility index (Phi) is 8.20. The fourth-order valence-corrected chi connectivity index (χ4v) is 6.64. The zero-order valence-electron chi connectivity index (χ0n) is 26.2. The molecule has 0 saturated heterocycles. The third-order valence-electron chi connectivity index (χ3n) is 8.95. The Labute approximate surface area is 271 Å². The Hall–Kier alpha value is -5.63. The normalized spacial score (nSPS) is 17.8. The molecule has 0 unspecified atom stereocenters. The summed E-state index contributed by atoms with van der Waals surface area (Å²) in [6, 6.07) is 18.8. The first-order valence-electron chi connectivity index (χ1n) is 15.4. The highest BCUT2D eigenvalue weighted by Crippen LogP contribution is 2.52. The van der Waals surface area contributed by atoms with Gasteiger partial charge in [-0.1, -0.05) is 35.4 Å². The summed E-state index contributed by atoms with van der Waals surface area (Å²) in [6.07, 6.45) is 4.41. The molecule has 0 bridgehead atoms. The van der Waals surface area contributed by atoms with Gasteiger partial charge in [0.2, 0.25) is 0 Å². The van der Waals surface area contributed by atoms with E-state index in [1.807, 2.05) is 32.9 Å². The molecule has 0 aliphatic heterocycles. The molecule has 5 aromatic rings. The highest BCUT2D eigenvalue weighted by atomic mass is 16.3. The van der Waals surface area contributed by atoms with Gasteiger partial charge in [-0.2, -0.15) is 0 Å². The van der Waals surface area contributed by atoms with E-state index in [9.17, 15) is 35.4 Å². The maximum Gasteiger partial charge on any atom is 0.171 e. The van der Waals surface area contributed by atoms with Crippen LogP contribution >= 0.6 is 0 Å². The summed E-state index contributed by atoms with van der Waals surface area (Å²) in [4.78, 5) is 14.7. The second-order valence-electron chi connectivity index (χ2n) is 12.5. The van der Waals surface area contributed by atoms with Crippen molar-refractivity contribution in [1.29, 1.82) is 0 Å². The topological polar surface area (TPSA) is 152 Å². The minimum absolute atomic E-state index is 0.0211. The van der Waals surface area contributed by atoms with Crippen LogP contribution in [-0.4, -0.2) is 36.4 Å². The van der Waals surface area contributed by atoms with Gasteiger partial charge < -0.3 is 35.1 Å². The van der Waals surface area contributed by atoms with Crippen LogP contribution in [0.5, 0.6) is 34.5 Å². The second kappa shape index (κ2) is 12.3. The van der Waals surface area contributed by atoms with Gasteiger partial charge in [-0.05, 0) is 99.7 Å². The molecule has 0 spiro atoms. The number of aromatic hydroxyl groups is 6. The minimum atomic E-state index is -0.896. The lowest BCUT2D eigenvalue weighted by Crippen LogP contribution is -2.31. The molecular weight excluding hydrogens is 596 g/mol. The lowest BCUT2D eigenvalue weighted by Gasteiger charge is -2.37. The molecule has 6 N–H and O–H groups in total. The molecule has 1 aromatic heterocycles. The zero-order chi connectivity index (χ0) is 33.6. The molecule has 4 aromatic carbocycles. The van der Waals surface area contributed by atoms with Gasteiger partial charge in [0.25, 0.3) is 0 Å². The van der Waals surface area contributed by atoms with Gasteiger partial charge >= 0.3 is 0 Å². The van der Waals surface area contributed by atoms with Gasteiger partial charge in [0.05, 0.1) is 5.56 Å². The highest BCUT2D eigenvalue weighted by molar-refractivity contribution is 6.02. The average molecular weight is 633 g/mol. The molecule has 1 aliphatic rings. The van der Waals surface area contributed by atoms with Crippen molar-refractivity contribution in [2.75, 3.05) is 0 Å². The number of hydrogen-bond acceptors (Lipinski definition) is 8. The number of phenols is 6. The SMILES string of the molecule is CC(C)=CCc1c(O)ccc(C(=O)[C@@H]2[C@H](c3c(O)cc(-c4cc5ccc(O)cc5o4)cc3O)C=C(C)C[C@H]2c2ccc(O)cc2)c1O. The number of ketones is 1. The largest absolute Gasteiger partial charge is 0.508 e. The Morgan fingerprint density at radius 1 is 0.830 bits per heavy atom. The molecule has 1 aliphatic carbocycles. The number of rotatable bonds is 7. The number of carbonyl (C=O) groups is 1. The van der Waals surface area contributed by atoms with Gasteiger partial charge in [-0.15, -0.1) is 0 Å². The van der Waals surface area contributed by atoms with E-state index in [2.05, 4.69) is 0 Å². The Morgan fingerprint density at radius 2 is 1.51 bits per heavy atom. The number of carbonyl (C=O) groups excluding carboxylic acids is 1. The first-order valence-corrected chi connectivity index (χ1v) is 15.4. The van der Waals surface area contributed by atoms with Gasteiger partial charge in [0.1, 0.15) is 45.8 Å². The summed E-state index contributed by atoms with van der Waals surface area (Å²) >= 11 is 0. The van der Waals surface area contributed by atoms with Crippen LogP contribution < -0.4 is 0 Å².